The van der Waals surface area contributed by atoms with Crippen molar-refractivity contribution in [2.45, 2.75) is 77.4 Å². The van der Waals surface area contributed by atoms with Gasteiger partial charge < -0.3 is 0 Å². The van der Waals surface area contributed by atoms with Crippen molar-refractivity contribution in [1.82, 2.24) is 0 Å². The monoisotopic (exact) mass is 272 g/mol. The summed E-state index contributed by atoms with van der Waals surface area (Å²) in [6.45, 7) is 13.9. The Morgan fingerprint density at radius 2 is 1.37 bits per heavy atom. The number of hydrogen-bond donors (Lipinski definition) is 0. The maximum absolute atomic E-state index is 5.21. The molecule has 0 rings (SSSR count). The summed E-state index contributed by atoms with van der Waals surface area (Å²) < 4.78 is 0. The lowest BCUT2D eigenvalue weighted by molar-refractivity contribution is 0.838. The molecule has 0 aliphatic heterocycles. The highest BCUT2D eigenvalue weighted by Gasteiger charge is 2.41. The van der Waals surface area contributed by atoms with E-state index in [1.165, 1.54) is 0 Å². The van der Waals surface area contributed by atoms with Gasteiger partial charge in [0.2, 0.25) is 0 Å². The van der Waals surface area contributed by atoms with Gasteiger partial charge in [-0.1, -0.05) is 47.5 Å². The fourth-order valence-corrected chi connectivity index (χ4v) is 8.10. The fourth-order valence-electron chi connectivity index (χ4n) is 2.96. The Morgan fingerprint density at radius 1 is 0.842 bits per heavy atom. The molecular formula is C18H28Si. The second-order valence-corrected chi connectivity index (χ2v) is 11.6. The van der Waals surface area contributed by atoms with E-state index in [9.17, 15) is 0 Å². The minimum absolute atomic E-state index is 0.670. The molecule has 0 aromatic rings. The molecule has 19 heavy (non-hydrogen) atoms. The molecule has 0 saturated carbocycles. The Hall–Kier alpha value is -1.10. The van der Waals surface area contributed by atoms with Crippen molar-refractivity contribution in [3.63, 3.8) is 0 Å². The minimum Gasteiger partial charge on any atom is -0.120 e. The second kappa shape index (κ2) is 8.91. The van der Waals surface area contributed by atoms with E-state index < -0.39 is 8.07 Å². The van der Waals surface area contributed by atoms with Gasteiger partial charge in [-0.2, -0.15) is 0 Å². The number of hydrogen-bond acceptors (Lipinski definition) is 0. The molecule has 0 nitrogen and oxygen atoms in total. The smallest absolute Gasteiger partial charge is 0.120 e. The van der Waals surface area contributed by atoms with Gasteiger partial charge >= 0.3 is 0 Å². The number of rotatable bonds is 5. The average Bonchev–Trinajstić information content (AvgIpc) is 2.31. The first kappa shape index (κ1) is 17.9. The molecule has 0 heterocycles. The third kappa shape index (κ3) is 5.18. The first-order valence-corrected chi connectivity index (χ1v) is 9.56. The highest BCUT2D eigenvalue weighted by Crippen LogP contribution is 2.40. The van der Waals surface area contributed by atoms with Gasteiger partial charge in [0.25, 0.3) is 0 Å². The highest BCUT2D eigenvalue weighted by atomic mass is 28.3. The van der Waals surface area contributed by atoms with Crippen LogP contribution >= 0.6 is 0 Å². The topological polar surface area (TPSA) is 0 Å². The van der Waals surface area contributed by atoms with Crippen molar-refractivity contribution >= 4 is 8.07 Å². The third-order valence-electron chi connectivity index (χ3n) is 3.92. The van der Waals surface area contributed by atoms with Gasteiger partial charge in [-0.25, -0.2) is 0 Å². The van der Waals surface area contributed by atoms with Crippen molar-refractivity contribution < 1.29 is 0 Å². The van der Waals surface area contributed by atoms with E-state index in [1.54, 1.807) is 0 Å². The first-order valence-electron chi connectivity index (χ1n) is 7.33. The molecule has 0 fully saturated rings. The summed E-state index contributed by atoms with van der Waals surface area (Å²) >= 11 is 0. The summed E-state index contributed by atoms with van der Waals surface area (Å²) in [5, 5.41) is 0. The average molecular weight is 273 g/mol. The normalized spacial score (nSPS) is 10.7. The zero-order valence-corrected chi connectivity index (χ0v) is 14.4. The van der Waals surface area contributed by atoms with E-state index in [0.717, 1.165) is 19.3 Å². The number of unbranched alkanes of at least 4 members (excludes halogenated alkanes) is 2. The van der Waals surface area contributed by atoms with Gasteiger partial charge in [-0.3, -0.25) is 0 Å². The van der Waals surface area contributed by atoms with Gasteiger partial charge in [0.1, 0.15) is 8.07 Å². The number of terminal acetylenes is 1. The predicted octanol–water partition coefficient (Wildman–Crippen LogP) is 5.01. The standard InChI is InChI=1S/C18H28Si/c1-8-9-10-11-12-13-14-15-19(16(2)3,17(4)5)18(6)7/h1,16-18H,9-11H2,2-7H3. The zero-order chi connectivity index (χ0) is 14.9. The van der Waals surface area contributed by atoms with Crippen LogP contribution in [0.15, 0.2) is 0 Å². The Labute approximate surface area is 121 Å². The van der Waals surface area contributed by atoms with E-state index in [2.05, 4.69) is 70.8 Å². The van der Waals surface area contributed by atoms with Crippen LogP contribution in [-0.4, -0.2) is 8.07 Å². The van der Waals surface area contributed by atoms with E-state index >= 15 is 0 Å². The van der Waals surface area contributed by atoms with Crippen LogP contribution in [0.25, 0.3) is 0 Å². The van der Waals surface area contributed by atoms with Crippen LogP contribution in [0.2, 0.25) is 16.6 Å². The molecular weight excluding hydrogens is 244 g/mol. The molecule has 0 N–H and O–H groups in total. The molecule has 0 spiro atoms. The largest absolute Gasteiger partial charge is 0.147 e. The Balaban J connectivity index is 4.91. The highest BCUT2D eigenvalue weighted by molar-refractivity contribution is 6.90. The molecule has 0 amide bonds. The van der Waals surface area contributed by atoms with Crippen LogP contribution in [-0.2, 0) is 0 Å². The van der Waals surface area contributed by atoms with Crippen LogP contribution in [0.4, 0.5) is 0 Å². The van der Waals surface area contributed by atoms with Gasteiger partial charge in [-0.05, 0) is 34.9 Å². The quantitative estimate of drug-likeness (QED) is 0.375. The molecule has 1 heteroatoms. The fraction of sp³-hybridized carbons (Fsp3) is 0.667. The predicted molar refractivity (Wildman–Crippen MR) is 89.3 cm³/mol. The van der Waals surface area contributed by atoms with Crippen LogP contribution in [0.3, 0.4) is 0 Å². The van der Waals surface area contributed by atoms with Crippen LogP contribution in [0.5, 0.6) is 0 Å². The summed E-state index contributed by atoms with van der Waals surface area (Å²) in [7, 11) is -1.60. The van der Waals surface area contributed by atoms with E-state index in [1.807, 2.05) is 0 Å². The van der Waals surface area contributed by atoms with Crippen molar-refractivity contribution in [3.05, 3.63) is 0 Å². The van der Waals surface area contributed by atoms with Gasteiger partial charge in [0.05, 0.1) is 0 Å². The van der Waals surface area contributed by atoms with Crippen molar-refractivity contribution in [3.8, 4) is 35.6 Å². The summed E-state index contributed by atoms with van der Waals surface area (Å²) in [6.07, 6.45) is 7.85. The minimum atomic E-state index is -1.60. The molecule has 0 aliphatic carbocycles. The molecule has 0 aromatic carbocycles. The van der Waals surface area contributed by atoms with Crippen LogP contribution < -0.4 is 0 Å². The van der Waals surface area contributed by atoms with Gasteiger partial charge in [0.15, 0.2) is 0 Å². The third-order valence-corrected chi connectivity index (χ3v) is 10.2. The second-order valence-electron chi connectivity index (χ2n) is 6.01. The Kier molecular flexibility index (Phi) is 8.39. The maximum Gasteiger partial charge on any atom is 0.147 e. The molecule has 0 bridgehead atoms. The molecule has 0 unspecified atom stereocenters. The zero-order valence-electron chi connectivity index (χ0n) is 13.4. The Morgan fingerprint density at radius 3 is 1.79 bits per heavy atom. The lowest BCUT2D eigenvalue weighted by Crippen LogP contribution is -2.43. The lowest BCUT2D eigenvalue weighted by Gasteiger charge is -2.37. The van der Waals surface area contributed by atoms with E-state index in [0.29, 0.717) is 16.6 Å². The van der Waals surface area contributed by atoms with Gasteiger partial charge in [-0.15, -0.1) is 17.9 Å². The molecule has 0 saturated heterocycles. The molecule has 104 valence electrons. The SMILES string of the molecule is C#CCCCC#CC#C[Si](C(C)C)(C(C)C)C(C)C. The molecule has 0 aromatic heterocycles. The summed E-state index contributed by atoms with van der Waals surface area (Å²) in [5.41, 5.74) is 5.61. The van der Waals surface area contributed by atoms with Crippen molar-refractivity contribution in [2.24, 2.45) is 0 Å². The van der Waals surface area contributed by atoms with Crippen LogP contribution in [0.1, 0.15) is 60.8 Å². The van der Waals surface area contributed by atoms with Crippen LogP contribution in [0, 0.1) is 35.6 Å². The van der Waals surface area contributed by atoms with E-state index in [4.69, 9.17) is 6.42 Å². The maximum atomic E-state index is 5.21. The van der Waals surface area contributed by atoms with Crippen molar-refractivity contribution in [1.29, 1.82) is 0 Å². The van der Waals surface area contributed by atoms with E-state index in [-0.39, 0.29) is 0 Å². The summed E-state index contributed by atoms with van der Waals surface area (Å²) in [4.78, 5) is 0. The lowest BCUT2D eigenvalue weighted by atomic mass is 10.2. The molecule has 0 atom stereocenters. The molecule has 0 radical (unpaired) electrons. The summed E-state index contributed by atoms with van der Waals surface area (Å²) in [6, 6.07) is 0. The van der Waals surface area contributed by atoms with Crippen molar-refractivity contribution in [2.75, 3.05) is 0 Å². The van der Waals surface area contributed by atoms with Gasteiger partial charge in [0, 0.05) is 12.8 Å². The first-order chi connectivity index (χ1) is 8.89. The molecule has 0 aliphatic rings. The summed E-state index contributed by atoms with van der Waals surface area (Å²) in [5.74, 6) is 11.9. The Bertz CT molecular complexity index is 391.